The third kappa shape index (κ3) is 4.43. The standard InChI is InChI=1S/C20H30N4O2/c1-14-6-5-7-18(15(14)2)24-11-8-17(9-12-24)21-16(3)20-22-19(23-26-20)10-13-25-4/h5-7,16-17,21H,8-13H2,1-4H3. The molecule has 1 aliphatic heterocycles. The van der Waals surface area contributed by atoms with Gasteiger partial charge in [-0.25, -0.2) is 0 Å². The topological polar surface area (TPSA) is 63.4 Å². The third-order valence-corrected chi connectivity index (χ3v) is 5.28. The van der Waals surface area contributed by atoms with Crippen LogP contribution in [0.2, 0.25) is 0 Å². The van der Waals surface area contributed by atoms with E-state index in [1.54, 1.807) is 7.11 Å². The molecular weight excluding hydrogens is 328 g/mol. The average Bonchev–Trinajstić information content (AvgIpc) is 3.12. The summed E-state index contributed by atoms with van der Waals surface area (Å²) in [7, 11) is 1.68. The van der Waals surface area contributed by atoms with Crippen LogP contribution in [0, 0.1) is 13.8 Å². The average molecular weight is 358 g/mol. The summed E-state index contributed by atoms with van der Waals surface area (Å²) in [5, 5.41) is 7.67. The smallest absolute Gasteiger partial charge is 0.243 e. The number of ether oxygens (including phenoxy) is 1. The van der Waals surface area contributed by atoms with Crippen molar-refractivity contribution in [2.24, 2.45) is 0 Å². The Balaban J connectivity index is 1.52. The summed E-state index contributed by atoms with van der Waals surface area (Å²) in [6.45, 7) is 9.23. The van der Waals surface area contributed by atoms with Gasteiger partial charge in [0.2, 0.25) is 5.89 Å². The number of nitrogens with one attached hydrogen (secondary N) is 1. The van der Waals surface area contributed by atoms with Crippen LogP contribution in [-0.2, 0) is 11.2 Å². The molecule has 6 nitrogen and oxygen atoms in total. The van der Waals surface area contributed by atoms with Crippen molar-refractivity contribution in [3.63, 3.8) is 0 Å². The van der Waals surface area contributed by atoms with E-state index >= 15 is 0 Å². The fourth-order valence-electron chi connectivity index (χ4n) is 3.53. The molecule has 1 atom stereocenters. The van der Waals surface area contributed by atoms with Gasteiger partial charge in [-0.1, -0.05) is 17.3 Å². The highest BCUT2D eigenvalue weighted by atomic mass is 16.5. The molecule has 0 amide bonds. The van der Waals surface area contributed by atoms with Gasteiger partial charge in [0, 0.05) is 38.3 Å². The number of benzene rings is 1. The molecule has 1 fully saturated rings. The van der Waals surface area contributed by atoms with E-state index in [0.29, 0.717) is 30.8 Å². The Morgan fingerprint density at radius 3 is 2.81 bits per heavy atom. The molecule has 2 aromatic rings. The first kappa shape index (κ1) is 18.9. The predicted molar refractivity (Wildman–Crippen MR) is 103 cm³/mol. The number of hydrogen-bond acceptors (Lipinski definition) is 6. The Kier molecular flexibility index (Phi) is 6.27. The highest BCUT2D eigenvalue weighted by molar-refractivity contribution is 5.56. The van der Waals surface area contributed by atoms with Gasteiger partial charge in [-0.3, -0.25) is 0 Å². The lowest BCUT2D eigenvalue weighted by Gasteiger charge is -2.36. The molecule has 2 heterocycles. The van der Waals surface area contributed by atoms with E-state index in [9.17, 15) is 0 Å². The van der Waals surface area contributed by atoms with Gasteiger partial charge in [-0.05, 0) is 50.8 Å². The predicted octanol–water partition coefficient (Wildman–Crippen LogP) is 3.19. The second-order valence-electron chi connectivity index (χ2n) is 7.16. The van der Waals surface area contributed by atoms with Gasteiger partial charge >= 0.3 is 0 Å². The van der Waals surface area contributed by atoms with E-state index in [0.717, 1.165) is 25.9 Å². The Morgan fingerprint density at radius 2 is 2.08 bits per heavy atom. The maximum atomic E-state index is 5.39. The van der Waals surface area contributed by atoms with E-state index in [1.807, 2.05) is 0 Å². The molecule has 6 heteroatoms. The highest BCUT2D eigenvalue weighted by Crippen LogP contribution is 2.26. The number of hydrogen-bond donors (Lipinski definition) is 1. The summed E-state index contributed by atoms with van der Waals surface area (Å²) in [5.41, 5.74) is 4.12. The molecule has 1 aromatic carbocycles. The minimum absolute atomic E-state index is 0.0658. The lowest BCUT2D eigenvalue weighted by molar-refractivity contribution is 0.199. The van der Waals surface area contributed by atoms with Crippen LogP contribution >= 0.6 is 0 Å². The number of nitrogens with zero attached hydrogens (tertiary/aromatic N) is 3. The summed E-state index contributed by atoms with van der Waals surface area (Å²) in [4.78, 5) is 6.97. The van der Waals surface area contributed by atoms with Crippen molar-refractivity contribution in [2.75, 3.05) is 31.7 Å². The fourth-order valence-corrected chi connectivity index (χ4v) is 3.53. The SMILES string of the molecule is COCCc1noc(C(C)NC2CCN(c3cccc(C)c3C)CC2)n1. The minimum atomic E-state index is 0.0658. The zero-order chi connectivity index (χ0) is 18.5. The molecule has 1 saturated heterocycles. The van der Waals surface area contributed by atoms with Crippen LogP contribution in [0.25, 0.3) is 0 Å². The Labute approximate surface area is 155 Å². The molecule has 0 spiro atoms. The maximum Gasteiger partial charge on any atom is 0.243 e. The largest absolute Gasteiger partial charge is 0.384 e. The lowest BCUT2D eigenvalue weighted by atomic mass is 10.0. The van der Waals surface area contributed by atoms with Crippen molar-refractivity contribution in [3.05, 3.63) is 41.0 Å². The monoisotopic (exact) mass is 358 g/mol. The molecular formula is C20H30N4O2. The van der Waals surface area contributed by atoms with E-state index < -0.39 is 0 Å². The number of rotatable bonds is 7. The van der Waals surface area contributed by atoms with E-state index in [1.165, 1.54) is 16.8 Å². The van der Waals surface area contributed by atoms with Crippen molar-refractivity contribution in [1.82, 2.24) is 15.5 Å². The van der Waals surface area contributed by atoms with Crippen LogP contribution in [0.3, 0.4) is 0 Å². The summed E-state index contributed by atoms with van der Waals surface area (Å²) in [5.74, 6) is 1.37. The second-order valence-corrected chi connectivity index (χ2v) is 7.16. The zero-order valence-electron chi connectivity index (χ0n) is 16.3. The first-order valence-corrected chi connectivity index (χ1v) is 9.47. The Bertz CT molecular complexity index is 708. The van der Waals surface area contributed by atoms with Crippen molar-refractivity contribution < 1.29 is 9.26 Å². The van der Waals surface area contributed by atoms with Gasteiger partial charge < -0.3 is 19.5 Å². The normalized spacial score (nSPS) is 16.8. The number of aryl methyl sites for hydroxylation is 1. The highest BCUT2D eigenvalue weighted by Gasteiger charge is 2.24. The third-order valence-electron chi connectivity index (χ3n) is 5.28. The molecule has 0 aliphatic carbocycles. The van der Waals surface area contributed by atoms with Crippen LogP contribution in [0.15, 0.2) is 22.7 Å². The van der Waals surface area contributed by atoms with Gasteiger partial charge in [0.15, 0.2) is 5.82 Å². The van der Waals surface area contributed by atoms with Crippen LogP contribution in [0.4, 0.5) is 5.69 Å². The maximum absolute atomic E-state index is 5.39. The number of piperidine rings is 1. The van der Waals surface area contributed by atoms with Gasteiger partial charge in [-0.15, -0.1) is 0 Å². The van der Waals surface area contributed by atoms with Gasteiger partial charge in [0.1, 0.15) is 0 Å². The molecule has 3 rings (SSSR count). The lowest BCUT2D eigenvalue weighted by Crippen LogP contribution is -2.43. The molecule has 142 valence electrons. The Morgan fingerprint density at radius 1 is 1.31 bits per heavy atom. The number of aromatic nitrogens is 2. The van der Waals surface area contributed by atoms with Crippen LogP contribution in [0.5, 0.6) is 0 Å². The van der Waals surface area contributed by atoms with E-state index in [2.05, 4.69) is 59.3 Å². The molecule has 0 saturated carbocycles. The summed E-state index contributed by atoms with van der Waals surface area (Å²) in [6, 6.07) is 7.11. The van der Waals surface area contributed by atoms with Crippen LogP contribution in [0.1, 0.15) is 48.6 Å². The van der Waals surface area contributed by atoms with Gasteiger partial charge in [-0.2, -0.15) is 4.98 Å². The molecule has 26 heavy (non-hydrogen) atoms. The number of methoxy groups -OCH3 is 1. The summed E-state index contributed by atoms with van der Waals surface area (Å²) < 4.78 is 10.5. The van der Waals surface area contributed by atoms with Crippen LogP contribution in [-0.4, -0.2) is 43.0 Å². The fraction of sp³-hybridized carbons (Fsp3) is 0.600. The molecule has 1 unspecified atom stereocenters. The summed E-state index contributed by atoms with van der Waals surface area (Å²) in [6.07, 6.45) is 2.91. The van der Waals surface area contributed by atoms with E-state index in [4.69, 9.17) is 9.26 Å². The molecule has 1 aliphatic rings. The van der Waals surface area contributed by atoms with Crippen molar-refractivity contribution >= 4 is 5.69 Å². The molecule has 0 radical (unpaired) electrons. The van der Waals surface area contributed by atoms with Crippen molar-refractivity contribution in [3.8, 4) is 0 Å². The molecule has 1 aromatic heterocycles. The van der Waals surface area contributed by atoms with Gasteiger partial charge in [0.05, 0.1) is 12.6 Å². The Hall–Kier alpha value is -1.92. The number of anilines is 1. The minimum Gasteiger partial charge on any atom is -0.384 e. The quantitative estimate of drug-likeness (QED) is 0.820. The van der Waals surface area contributed by atoms with E-state index in [-0.39, 0.29) is 6.04 Å². The zero-order valence-corrected chi connectivity index (χ0v) is 16.3. The molecule has 1 N–H and O–H groups in total. The van der Waals surface area contributed by atoms with Gasteiger partial charge in [0.25, 0.3) is 0 Å². The molecule has 0 bridgehead atoms. The second kappa shape index (κ2) is 8.64. The van der Waals surface area contributed by atoms with Crippen molar-refractivity contribution in [2.45, 2.75) is 52.1 Å². The summed E-state index contributed by atoms with van der Waals surface area (Å²) >= 11 is 0. The first-order chi connectivity index (χ1) is 12.6. The first-order valence-electron chi connectivity index (χ1n) is 9.47. The van der Waals surface area contributed by atoms with Crippen molar-refractivity contribution in [1.29, 1.82) is 0 Å². The van der Waals surface area contributed by atoms with Crippen LogP contribution < -0.4 is 10.2 Å².